The Morgan fingerprint density at radius 2 is 1.90 bits per heavy atom. The summed E-state index contributed by atoms with van der Waals surface area (Å²) in [5, 5.41) is 6.91. The maximum atomic E-state index is 4.60. The Kier molecular flexibility index (Phi) is 3.55. The molecule has 2 heterocycles. The zero-order chi connectivity index (χ0) is 14.1. The average Bonchev–Trinajstić information content (AvgIpc) is 2.91. The van der Waals surface area contributed by atoms with E-state index in [1.165, 1.54) is 21.2 Å². The van der Waals surface area contributed by atoms with Crippen LogP contribution in [0.4, 0.5) is 0 Å². The van der Waals surface area contributed by atoms with Crippen LogP contribution in [0.15, 0.2) is 41.8 Å². The van der Waals surface area contributed by atoms with Crippen LogP contribution in [0.1, 0.15) is 28.6 Å². The van der Waals surface area contributed by atoms with E-state index in [0.29, 0.717) is 0 Å². The third-order valence-corrected chi connectivity index (χ3v) is 4.67. The van der Waals surface area contributed by atoms with Crippen LogP contribution in [-0.2, 0) is 0 Å². The van der Waals surface area contributed by atoms with Gasteiger partial charge in [-0.05, 0) is 54.9 Å². The van der Waals surface area contributed by atoms with Crippen LogP contribution in [0.2, 0.25) is 0 Å². The van der Waals surface area contributed by atoms with E-state index in [2.05, 4.69) is 59.0 Å². The first-order valence-corrected chi connectivity index (χ1v) is 7.66. The monoisotopic (exact) mass is 282 g/mol. The normalized spacial score (nSPS) is 12.8. The molecule has 0 fully saturated rings. The van der Waals surface area contributed by atoms with Crippen molar-refractivity contribution in [3.8, 4) is 0 Å². The predicted molar refractivity (Wildman–Crippen MR) is 86.4 cm³/mol. The largest absolute Gasteiger partial charge is 0.309 e. The Morgan fingerprint density at radius 3 is 2.65 bits per heavy atom. The molecule has 0 aliphatic heterocycles. The van der Waals surface area contributed by atoms with Gasteiger partial charge in [-0.3, -0.25) is 4.98 Å². The number of hydrogen-bond donors (Lipinski definition) is 1. The third kappa shape index (κ3) is 2.23. The van der Waals surface area contributed by atoms with Crippen molar-refractivity contribution in [2.45, 2.75) is 19.9 Å². The number of aryl methyl sites for hydroxylation is 2. The van der Waals surface area contributed by atoms with E-state index in [4.69, 9.17) is 0 Å². The van der Waals surface area contributed by atoms with E-state index >= 15 is 0 Å². The van der Waals surface area contributed by atoms with Gasteiger partial charge >= 0.3 is 0 Å². The van der Waals surface area contributed by atoms with Crippen LogP contribution < -0.4 is 5.32 Å². The zero-order valence-corrected chi connectivity index (χ0v) is 12.8. The lowest BCUT2D eigenvalue weighted by molar-refractivity contribution is 0.687. The van der Waals surface area contributed by atoms with E-state index in [-0.39, 0.29) is 6.04 Å². The number of fused-ring (bicyclic) bond motifs is 1. The van der Waals surface area contributed by atoms with Crippen LogP contribution >= 0.6 is 11.3 Å². The molecule has 3 heteroatoms. The fourth-order valence-corrected chi connectivity index (χ4v) is 3.67. The minimum atomic E-state index is 0.186. The van der Waals surface area contributed by atoms with E-state index in [1.54, 1.807) is 11.3 Å². The first kappa shape index (κ1) is 13.3. The van der Waals surface area contributed by atoms with E-state index in [1.807, 2.05) is 14.0 Å². The molecule has 1 N–H and O–H groups in total. The summed E-state index contributed by atoms with van der Waals surface area (Å²) in [6.07, 6.45) is 0. The van der Waals surface area contributed by atoms with Gasteiger partial charge in [0.2, 0.25) is 0 Å². The van der Waals surface area contributed by atoms with Crippen molar-refractivity contribution in [1.29, 1.82) is 0 Å². The molecule has 20 heavy (non-hydrogen) atoms. The first-order valence-electron chi connectivity index (χ1n) is 6.78. The van der Waals surface area contributed by atoms with Crippen molar-refractivity contribution >= 4 is 21.4 Å². The maximum absolute atomic E-state index is 4.60. The lowest BCUT2D eigenvalue weighted by Crippen LogP contribution is -2.19. The molecule has 102 valence electrons. The molecule has 0 bridgehead atoms. The Balaban J connectivity index is 2.16. The minimum Gasteiger partial charge on any atom is -0.309 e. The van der Waals surface area contributed by atoms with Gasteiger partial charge in [0.05, 0.1) is 6.04 Å². The van der Waals surface area contributed by atoms with Crippen molar-refractivity contribution in [2.75, 3.05) is 7.05 Å². The van der Waals surface area contributed by atoms with Crippen molar-refractivity contribution < 1.29 is 0 Å². The SMILES string of the molecule is CNC(c1ccc(C)nc1C)c1cccc2ccsc12. The summed E-state index contributed by atoms with van der Waals surface area (Å²) in [5.41, 5.74) is 4.74. The van der Waals surface area contributed by atoms with Gasteiger partial charge in [-0.1, -0.05) is 24.3 Å². The second-order valence-electron chi connectivity index (χ2n) is 5.04. The highest BCUT2D eigenvalue weighted by Gasteiger charge is 2.17. The standard InChI is InChI=1S/C17H18N2S/c1-11-7-8-14(12(2)19-11)16(18-3)15-6-4-5-13-9-10-20-17(13)15/h4-10,16,18H,1-3H3. The molecule has 3 rings (SSSR count). The molecule has 1 atom stereocenters. The smallest absolute Gasteiger partial charge is 0.0606 e. The molecule has 0 amide bonds. The molecule has 0 aliphatic rings. The number of nitrogens with zero attached hydrogens (tertiary/aromatic N) is 1. The molecule has 1 unspecified atom stereocenters. The fraction of sp³-hybridized carbons (Fsp3) is 0.235. The Morgan fingerprint density at radius 1 is 1.05 bits per heavy atom. The van der Waals surface area contributed by atoms with Gasteiger partial charge in [0.1, 0.15) is 0 Å². The summed E-state index contributed by atoms with van der Waals surface area (Å²) >= 11 is 1.80. The van der Waals surface area contributed by atoms with E-state index in [0.717, 1.165) is 11.4 Å². The van der Waals surface area contributed by atoms with Crippen LogP contribution in [0.3, 0.4) is 0 Å². The number of rotatable bonds is 3. The minimum absolute atomic E-state index is 0.186. The second-order valence-corrected chi connectivity index (χ2v) is 5.95. The van der Waals surface area contributed by atoms with Gasteiger partial charge < -0.3 is 5.32 Å². The number of thiophene rings is 1. The summed E-state index contributed by atoms with van der Waals surface area (Å²) < 4.78 is 1.35. The van der Waals surface area contributed by atoms with E-state index in [9.17, 15) is 0 Å². The van der Waals surface area contributed by atoms with Crippen LogP contribution in [0, 0.1) is 13.8 Å². The number of pyridine rings is 1. The zero-order valence-electron chi connectivity index (χ0n) is 12.0. The molecular weight excluding hydrogens is 264 g/mol. The van der Waals surface area contributed by atoms with Gasteiger partial charge in [-0.2, -0.15) is 0 Å². The Labute approximate surface area is 123 Å². The summed E-state index contributed by atoms with van der Waals surface area (Å²) in [4.78, 5) is 4.60. The predicted octanol–water partition coefficient (Wildman–Crippen LogP) is 4.22. The lowest BCUT2D eigenvalue weighted by atomic mass is 9.96. The molecule has 3 aromatic rings. The lowest BCUT2D eigenvalue weighted by Gasteiger charge is -2.20. The summed E-state index contributed by atoms with van der Waals surface area (Å²) in [6.45, 7) is 4.12. The Hall–Kier alpha value is -1.71. The number of hydrogen-bond acceptors (Lipinski definition) is 3. The Bertz CT molecular complexity index is 746. The summed E-state index contributed by atoms with van der Waals surface area (Å²) in [7, 11) is 2.01. The summed E-state index contributed by atoms with van der Waals surface area (Å²) in [6, 6.07) is 13.1. The van der Waals surface area contributed by atoms with Crippen molar-refractivity contribution in [3.63, 3.8) is 0 Å². The van der Waals surface area contributed by atoms with Crippen LogP contribution in [-0.4, -0.2) is 12.0 Å². The number of aromatic nitrogens is 1. The summed E-state index contributed by atoms with van der Waals surface area (Å²) in [5.74, 6) is 0. The first-order chi connectivity index (χ1) is 9.70. The molecule has 0 radical (unpaired) electrons. The number of nitrogens with one attached hydrogen (secondary N) is 1. The van der Waals surface area contributed by atoms with Gasteiger partial charge in [0.25, 0.3) is 0 Å². The van der Waals surface area contributed by atoms with Crippen LogP contribution in [0.5, 0.6) is 0 Å². The molecular formula is C17H18N2S. The molecule has 0 saturated carbocycles. The van der Waals surface area contributed by atoms with Crippen molar-refractivity contribution in [1.82, 2.24) is 10.3 Å². The van der Waals surface area contributed by atoms with Gasteiger partial charge in [-0.15, -0.1) is 11.3 Å². The second kappa shape index (κ2) is 5.35. The van der Waals surface area contributed by atoms with Crippen molar-refractivity contribution in [3.05, 3.63) is 64.3 Å². The molecule has 0 saturated heterocycles. The third-order valence-electron chi connectivity index (χ3n) is 3.69. The van der Waals surface area contributed by atoms with Gasteiger partial charge in [-0.25, -0.2) is 0 Å². The number of benzene rings is 1. The molecule has 0 aliphatic carbocycles. The molecule has 1 aromatic carbocycles. The average molecular weight is 282 g/mol. The fourth-order valence-electron chi connectivity index (χ4n) is 2.72. The highest BCUT2D eigenvalue weighted by molar-refractivity contribution is 7.17. The quantitative estimate of drug-likeness (QED) is 0.778. The van der Waals surface area contributed by atoms with Crippen LogP contribution in [0.25, 0.3) is 10.1 Å². The maximum Gasteiger partial charge on any atom is 0.0606 e. The van der Waals surface area contributed by atoms with Gasteiger partial charge in [0.15, 0.2) is 0 Å². The molecule has 2 aromatic heterocycles. The highest BCUT2D eigenvalue weighted by Crippen LogP contribution is 2.33. The topological polar surface area (TPSA) is 24.9 Å². The highest BCUT2D eigenvalue weighted by atomic mass is 32.1. The van der Waals surface area contributed by atoms with E-state index < -0.39 is 0 Å². The molecule has 0 spiro atoms. The van der Waals surface area contributed by atoms with Gasteiger partial charge in [0, 0.05) is 16.1 Å². The van der Waals surface area contributed by atoms with Crippen molar-refractivity contribution in [2.24, 2.45) is 0 Å². The molecule has 2 nitrogen and oxygen atoms in total.